The minimum atomic E-state index is -0.339. The number of aromatic hydroxyl groups is 1. The van der Waals surface area contributed by atoms with E-state index >= 15 is 0 Å². The third kappa shape index (κ3) is 3.17. The van der Waals surface area contributed by atoms with E-state index in [0.29, 0.717) is 40.5 Å². The SMILES string of the molecule is Cc1c(-c2cc3cc(OCc4cccnc4)ccc3o2)[nH]c(=O)c(C)c1O. The summed E-state index contributed by atoms with van der Waals surface area (Å²) in [5.74, 6) is 1.17. The molecule has 0 aliphatic carbocycles. The Hall–Kier alpha value is -3.54. The number of aromatic amines is 1. The molecule has 3 aromatic heterocycles. The zero-order chi connectivity index (χ0) is 19.0. The number of nitrogens with zero attached hydrogens (tertiary/aromatic N) is 1. The molecule has 1 aromatic carbocycles. The molecule has 0 radical (unpaired) electrons. The van der Waals surface area contributed by atoms with Crippen LogP contribution in [0.15, 0.2) is 58.0 Å². The summed E-state index contributed by atoms with van der Waals surface area (Å²) in [4.78, 5) is 18.8. The number of aromatic nitrogens is 2. The Morgan fingerprint density at radius 1 is 1.19 bits per heavy atom. The van der Waals surface area contributed by atoms with Crippen molar-refractivity contribution in [2.75, 3.05) is 0 Å². The summed E-state index contributed by atoms with van der Waals surface area (Å²) in [6.07, 6.45) is 3.48. The number of pyridine rings is 2. The number of nitrogens with one attached hydrogen (secondary N) is 1. The number of fused-ring (bicyclic) bond motifs is 1. The molecule has 6 nitrogen and oxygen atoms in total. The van der Waals surface area contributed by atoms with Crippen LogP contribution in [-0.4, -0.2) is 15.1 Å². The first-order chi connectivity index (χ1) is 13.0. The number of hydrogen-bond acceptors (Lipinski definition) is 5. The Morgan fingerprint density at radius 2 is 2.04 bits per heavy atom. The lowest BCUT2D eigenvalue weighted by Crippen LogP contribution is -2.11. The summed E-state index contributed by atoms with van der Waals surface area (Å²) in [7, 11) is 0. The molecule has 136 valence electrons. The summed E-state index contributed by atoms with van der Waals surface area (Å²) in [5.41, 5.74) is 2.64. The number of rotatable bonds is 4. The lowest BCUT2D eigenvalue weighted by atomic mass is 10.1. The van der Waals surface area contributed by atoms with Gasteiger partial charge in [0.05, 0.1) is 11.3 Å². The maximum Gasteiger partial charge on any atom is 0.255 e. The maximum absolute atomic E-state index is 12.0. The van der Waals surface area contributed by atoms with Gasteiger partial charge >= 0.3 is 0 Å². The molecule has 0 bridgehead atoms. The van der Waals surface area contributed by atoms with Gasteiger partial charge in [0.1, 0.15) is 23.7 Å². The first kappa shape index (κ1) is 16.9. The molecular weight excluding hydrogens is 344 g/mol. The second-order valence-electron chi connectivity index (χ2n) is 6.39. The van der Waals surface area contributed by atoms with Gasteiger partial charge in [-0.15, -0.1) is 0 Å². The van der Waals surface area contributed by atoms with Crippen molar-refractivity contribution in [1.82, 2.24) is 9.97 Å². The van der Waals surface area contributed by atoms with E-state index in [-0.39, 0.29) is 11.3 Å². The number of furan rings is 1. The van der Waals surface area contributed by atoms with Crippen molar-refractivity contribution < 1.29 is 14.3 Å². The highest BCUT2D eigenvalue weighted by atomic mass is 16.5. The molecule has 2 N–H and O–H groups in total. The van der Waals surface area contributed by atoms with E-state index in [9.17, 15) is 9.90 Å². The summed E-state index contributed by atoms with van der Waals surface area (Å²) >= 11 is 0. The lowest BCUT2D eigenvalue weighted by molar-refractivity contribution is 0.306. The van der Waals surface area contributed by atoms with E-state index in [1.807, 2.05) is 36.4 Å². The van der Waals surface area contributed by atoms with Crippen molar-refractivity contribution in [3.05, 3.63) is 75.8 Å². The van der Waals surface area contributed by atoms with Gasteiger partial charge in [-0.25, -0.2) is 0 Å². The third-order valence-electron chi connectivity index (χ3n) is 4.53. The molecule has 0 aliphatic heterocycles. The first-order valence-corrected chi connectivity index (χ1v) is 8.51. The van der Waals surface area contributed by atoms with E-state index in [4.69, 9.17) is 9.15 Å². The normalized spacial score (nSPS) is 11.0. The molecule has 0 fully saturated rings. The van der Waals surface area contributed by atoms with Gasteiger partial charge in [0.15, 0.2) is 5.76 Å². The molecule has 6 heteroatoms. The molecule has 27 heavy (non-hydrogen) atoms. The van der Waals surface area contributed by atoms with Crippen LogP contribution in [0, 0.1) is 13.8 Å². The molecule has 0 spiro atoms. The fourth-order valence-corrected chi connectivity index (χ4v) is 2.94. The van der Waals surface area contributed by atoms with Crippen molar-refractivity contribution >= 4 is 11.0 Å². The fraction of sp³-hybridized carbons (Fsp3) is 0.143. The van der Waals surface area contributed by atoms with Gasteiger partial charge in [-0.05, 0) is 44.2 Å². The number of ether oxygens (including phenoxy) is 1. The van der Waals surface area contributed by atoms with Crippen molar-refractivity contribution in [2.45, 2.75) is 20.5 Å². The van der Waals surface area contributed by atoms with Crippen LogP contribution in [0.2, 0.25) is 0 Å². The van der Waals surface area contributed by atoms with Crippen molar-refractivity contribution in [3.8, 4) is 23.0 Å². The van der Waals surface area contributed by atoms with Crippen LogP contribution in [0.25, 0.3) is 22.4 Å². The van der Waals surface area contributed by atoms with Crippen LogP contribution in [0.5, 0.6) is 11.5 Å². The molecule has 0 saturated carbocycles. The predicted octanol–water partition coefficient (Wildman–Crippen LogP) is 4.08. The monoisotopic (exact) mass is 362 g/mol. The largest absolute Gasteiger partial charge is 0.507 e. The highest BCUT2D eigenvalue weighted by molar-refractivity contribution is 5.84. The second kappa shape index (κ2) is 6.64. The van der Waals surface area contributed by atoms with E-state index in [1.165, 1.54) is 0 Å². The first-order valence-electron chi connectivity index (χ1n) is 8.51. The minimum Gasteiger partial charge on any atom is -0.507 e. The summed E-state index contributed by atoms with van der Waals surface area (Å²) in [5, 5.41) is 11.0. The molecule has 0 aliphatic rings. The predicted molar refractivity (Wildman–Crippen MR) is 102 cm³/mol. The van der Waals surface area contributed by atoms with Crippen LogP contribution >= 0.6 is 0 Å². The van der Waals surface area contributed by atoms with Crippen molar-refractivity contribution in [3.63, 3.8) is 0 Å². The van der Waals surface area contributed by atoms with Gasteiger partial charge in [0.2, 0.25) is 0 Å². The second-order valence-corrected chi connectivity index (χ2v) is 6.39. The van der Waals surface area contributed by atoms with E-state index in [0.717, 1.165) is 10.9 Å². The van der Waals surface area contributed by atoms with Gasteiger partial charge in [0.25, 0.3) is 5.56 Å². The van der Waals surface area contributed by atoms with Gasteiger partial charge in [-0.1, -0.05) is 6.07 Å². The van der Waals surface area contributed by atoms with Gasteiger partial charge in [-0.2, -0.15) is 0 Å². The van der Waals surface area contributed by atoms with Crippen molar-refractivity contribution in [2.24, 2.45) is 0 Å². The standard InChI is InChI=1S/C21H18N2O4/c1-12-19(23-21(25)13(2)20(12)24)18-9-15-8-16(5-6-17(15)27-18)26-11-14-4-3-7-22-10-14/h3-10H,11H2,1-2H3,(H2,23,24,25). The van der Waals surface area contributed by atoms with E-state index < -0.39 is 0 Å². The molecule has 0 unspecified atom stereocenters. The topological polar surface area (TPSA) is 88.4 Å². The number of benzene rings is 1. The Kier molecular flexibility index (Phi) is 4.16. The summed E-state index contributed by atoms with van der Waals surface area (Å²) in [6, 6.07) is 11.2. The average molecular weight is 362 g/mol. The molecule has 0 amide bonds. The molecule has 4 aromatic rings. The van der Waals surface area contributed by atoms with Gasteiger partial charge in [0, 0.05) is 28.9 Å². The zero-order valence-electron chi connectivity index (χ0n) is 14.9. The molecular formula is C21H18N2O4. The van der Waals surface area contributed by atoms with Crippen LogP contribution in [0.1, 0.15) is 16.7 Å². The van der Waals surface area contributed by atoms with Crippen LogP contribution in [0.3, 0.4) is 0 Å². The average Bonchev–Trinajstić information content (AvgIpc) is 3.11. The number of hydrogen-bond donors (Lipinski definition) is 2. The molecule has 0 saturated heterocycles. The Labute approximate surface area is 155 Å². The van der Waals surface area contributed by atoms with Crippen LogP contribution < -0.4 is 10.3 Å². The van der Waals surface area contributed by atoms with Crippen LogP contribution in [-0.2, 0) is 6.61 Å². The smallest absolute Gasteiger partial charge is 0.255 e. The number of H-pyrrole nitrogens is 1. The Bertz CT molecular complexity index is 1180. The summed E-state index contributed by atoms with van der Waals surface area (Å²) in [6.45, 7) is 3.74. The molecule has 3 heterocycles. The van der Waals surface area contributed by atoms with Crippen LogP contribution in [0.4, 0.5) is 0 Å². The van der Waals surface area contributed by atoms with E-state index in [1.54, 1.807) is 26.2 Å². The lowest BCUT2D eigenvalue weighted by Gasteiger charge is -2.06. The Balaban J connectivity index is 1.66. The van der Waals surface area contributed by atoms with E-state index in [2.05, 4.69) is 9.97 Å². The fourth-order valence-electron chi connectivity index (χ4n) is 2.94. The van der Waals surface area contributed by atoms with Crippen molar-refractivity contribution in [1.29, 1.82) is 0 Å². The quantitative estimate of drug-likeness (QED) is 0.571. The molecule has 0 atom stereocenters. The zero-order valence-corrected chi connectivity index (χ0v) is 14.9. The van der Waals surface area contributed by atoms with Gasteiger partial charge < -0.3 is 19.2 Å². The highest BCUT2D eigenvalue weighted by Crippen LogP contribution is 2.33. The highest BCUT2D eigenvalue weighted by Gasteiger charge is 2.16. The summed E-state index contributed by atoms with van der Waals surface area (Å²) < 4.78 is 11.7. The molecule has 4 rings (SSSR count). The minimum absolute atomic E-state index is 0.0188. The third-order valence-corrected chi connectivity index (χ3v) is 4.53. The Morgan fingerprint density at radius 3 is 2.81 bits per heavy atom. The maximum atomic E-state index is 12.0. The van der Waals surface area contributed by atoms with Gasteiger partial charge in [-0.3, -0.25) is 9.78 Å².